The highest BCUT2D eigenvalue weighted by atomic mass is 79.9. The van der Waals surface area contributed by atoms with E-state index in [1.807, 2.05) is 0 Å². The normalized spacial score (nSPS) is 17.4. The molecule has 1 saturated carbocycles. The summed E-state index contributed by atoms with van der Waals surface area (Å²) in [6.45, 7) is 8.59. The summed E-state index contributed by atoms with van der Waals surface area (Å²) in [4.78, 5) is 2.36. The first kappa shape index (κ1) is 13.5. The Kier molecular flexibility index (Phi) is 5.58. The van der Waals surface area contributed by atoms with Gasteiger partial charge in [0.15, 0.2) is 0 Å². The predicted octanol–water partition coefficient (Wildman–Crippen LogP) is 2.77. The Morgan fingerprint density at radius 2 is 2.07 bits per heavy atom. The molecule has 1 aliphatic rings. The SMILES string of the molecule is CN(CCOCC1CC1)CC(C)(C)CBr. The van der Waals surface area contributed by atoms with Crippen LogP contribution in [0, 0.1) is 11.3 Å². The number of nitrogens with zero attached hydrogens (tertiary/aromatic N) is 1. The first-order valence-electron chi connectivity index (χ1n) is 5.86. The van der Waals surface area contributed by atoms with Gasteiger partial charge in [-0.25, -0.2) is 0 Å². The van der Waals surface area contributed by atoms with Crippen molar-refractivity contribution < 1.29 is 4.74 Å². The molecule has 0 aromatic carbocycles. The molecule has 0 unspecified atom stereocenters. The lowest BCUT2D eigenvalue weighted by molar-refractivity contribution is 0.0946. The number of rotatable bonds is 8. The Bertz CT molecular complexity index is 180. The standard InChI is InChI=1S/C12H24BrNO/c1-12(2,9-13)10-14(3)6-7-15-8-11-4-5-11/h11H,4-10H2,1-3H3. The minimum absolute atomic E-state index is 0.352. The van der Waals surface area contributed by atoms with Crippen LogP contribution in [0.3, 0.4) is 0 Å². The van der Waals surface area contributed by atoms with E-state index in [-0.39, 0.29) is 0 Å². The molecule has 1 rings (SSSR count). The van der Waals surface area contributed by atoms with Gasteiger partial charge in [0.05, 0.1) is 6.61 Å². The van der Waals surface area contributed by atoms with E-state index < -0.39 is 0 Å². The fourth-order valence-corrected chi connectivity index (χ4v) is 1.78. The van der Waals surface area contributed by atoms with Crippen LogP contribution in [0.1, 0.15) is 26.7 Å². The highest BCUT2D eigenvalue weighted by Crippen LogP contribution is 2.28. The van der Waals surface area contributed by atoms with Crippen LogP contribution in [0.15, 0.2) is 0 Å². The van der Waals surface area contributed by atoms with E-state index in [0.717, 1.165) is 37.6 Å². The summed E-state index contributed by atoms with van der Waals surface area (Å²) in [7, 11) is 2.17. The van der Waals surface area contributed by atoms with Gasteiger partial charge in [0.25, 0.3) is 0 Å². The van der Waals surface area contributed by atoms with E-state index in [2.05, 4.69) is 41.7 Å². The zero-order chi connectivity index (χ0) is 11.3. The van der Waals surface area contributed by atoms with Crippen molar-refractivity contribution in [3.63, 3.8) is 0 Å². The maximum absolute atomic E-state index is 5.62. The van der Waals surface area contributed by atoms with Gasteiger partial charge in [-0.15, -0.1) is 0 Å². The van der Waals surface area contributed by atoms with E-state index in [0.29, 0.717) is 5.41 Å². The summed E-state index contributed by atoms with van der Waals surface area (Å²) in [6, 6.07) is 0. The Morgan fingerprint density at radius 1 is 1.40 bits per heavy atom. The number of likely N-dealkylation sites (N-methyl/N-ethyl adjacent to an activating group) is 1. The van der Waals surface area contributed by atoms with Crippen molar-refractivity contribution in [3.05, 3.63) is 0 Å². The highest BCUT2D eigenvalue weighted by Gasteiger charge is 2.21. The number of ether oxygens (including phenoxy) is 1. The van der Waals surface area contributed by atoms with Gasteiger partial charge in [0, 0.05) is 25.0 Å². The summed E-state index contributed by atoms with van der Waals surface area (Å²) in [5, 5.41) is 1.05. The fraction of sp³-hybridized carbons (Fsp3) is 1.00. The minimum atomic E-state index is 0.352. The van der Waals surface area contributed by atoms with Crippen LogP contribution in [0.5, 0.6) is 0 Å². The zero-order valence-corrected chi connectivity index (χ0v) is 11.8. The van der Waals surface area contributed by atoms with E-state index in [1.54, 1.807) is 0 Å². The minimum Gasteiger partial charge on any atom is -0.380 e. The quantitative estimate of drug-likeness (QED) is 0.500. The monoisotopic (exact) mass is 277 g/mol. The van der Waals surface area contributed by atoms with Crippen LogP contribution >= 0.6 is 15.9 Å². The van der Waals surface area contributed by atoms with Crippen LogP contribution in [0.25, 0.3) is 0 Å². The molecule has 15 heavy (non-hydrogen) atoms. The van der Waals surface area contributed by atoms with Gasteiger partial charge in [-0.3, -0.25) is 0 Å². The summed E-state index contributed by atoms with van der Waals surface area (Å²) < 4.78 is 5.62. The Morgan fingerprint density at radius 3 is 2.60 bits per heavy atom. The Balaban J connectivity index is 1.99. The molecule has 1 aliphatic carbocycles. The molecule has 0 radical (unpaired) electrons. The molecule has 0 aliphatic heterocycles. The van der Waals surface area contributed by atoms with Crippen molar-refractivity contribution in [2.45, 2.75) is 26.7 Å². The van der Waals surface area contributed by atoms with Gasteiger partial charge >= 0.3 is 0 Å². The second-order valence-electron chi connectivity index (χ2n) is 5.55. The molecular formula is C12H24BrNO. The molecular weight excluding hydrogens is 254 g/mol. The van der Waals surface area contributed by atoms with Gasteiger partial charge in [-0.05, 0) is 31.2 Å². The van der Waals surface area contributed by atoms with E-state index in [4.69, 9.17) is 4.74 Å². The van der Waals surface area contributed by atoms with Crippen molar-refractivity contribution in [2.24, 2.45) is 11.3 Å². The van der Waals surface area contributed by atoms with Crippen LogP contribution in [-0.2, 0) is 4.74 Å². The number of hydrogen-bond acceptors (Lipinski definition) is 2. The summed E-state index contributed by atoms with van der Waals surface area (Å²) >= 11 is 3.55. The molecule has 2 nitrogen and oxygen atoms in total. The van der Waals surface area contributed by atoms with E-state index in [1.165, 1.54) is 12.8 Å². The molecule has 0 bridgehead atoms. The summed E-state index contributed by atoms with van der Waals surface area (Å²) in [5.74, 6) is 0.884. The largest absolute Gasteiger partial charge is 0.380 e. The molecule has 90 valence electrons. The average Bonchev–Trinajstić information content (AvgIpc) is 2.95. The zero-order valence-electron chi connectivity index (χ0n) is 10.3. The molecule has 0 aromatic rings. The lowest BCUT2D eigenvalue weighted by atomic mass is 9.96. The number of alkyl halides is 1. The molecule has 1 fully saturated rings. The maximum atomic E-state index is 5.62. The first-order chi connectivity index (χ1) is 7.03. The van der Waals surface area contributed by atoms with Gasteiger partial charge in [0.2, 0.25) is 0 Å². The van der Waals surface area contributed by atoms with Gasteiger partial charge in [0.1, 0.15) is 0 Å². The van der Waals surface area contributed by atoms with Crippen LogP contribution < -0.4 is 0 Å². The maximum Gasteiger partial charge on any atom is 0.0593 e. The van der Waals surface area contributed by atoms with Gasteiger partial charge < -0.3 is 9.64 Å². The van der Waals surface area contributed by atoms with Crippen molar-refractivity contribution >= 4 is 15.9 Å². The molecule has 0 spiro atoms. The van der Waals surface area contributed by atoms with Crippen LogP contribution in [-0.4, -0.2) is 43.6 Å². The smallest absolute Gasteiger partial charge is 0.0593 e. The lowest BCUT2D eigenvalue weighted by Crippen LogP contribution is -2.34. The van der Waals surface area contributed by atoms with Gasteiger partial charge in [-0.1, -0.05) is 29.8 Å². The van der Waals surface area contributed by atoms with Crippen molar-refractivity contribution in [2.75, 3.05) is 38.7 Å². The third kappa shape index (κ3) is 6.54. The molecule has 3 heteroatoms. The third-order valence-electron chi connectivity index (χ3n) is 2.73. The Hall–Kier alpha value is 0.400. The van der Waals surface area contributed by atoms with E-state index >= 15 is 0 Å². The summed E-state index contributed by atoms with van der Waals surface area (Å²) in [5.41, 5.74) is 0.352. The van der Waals surface area contributed by atoms with Gasteiger partial charge in [-0.2, -0.15) is 0 Å². The van der Waals surface area contributed by atoms with Crippen molar-refractivity contribution in [1.29, 1.82) is 0 Å². The first-order valence-corrected chi connectivity index (χ1v) is 6.98. The van der Waals surface area contributed by atoms with Crippen molar-refractivity contribution in [1.82, 2.24) is 4.90 Å². The van der Waals surface area contributed by atoms with Crippen molar-refractivity contribution in [3.8, 4) is 0 Å². The van der Waals surface area contributed by atoms with Crippen LogP contribution in [0.4, 0.5) is 0 Å². The fourth-order valence-electron chi connectivity index (χ4n) is 1.61. The van der Waals surface area contributed by atoms with E-state index in [9.17, 15) is 0 Å². The lowest BCUT2D eigenvalue weighted by Gasteiger charge is -2.28. The molecule has 0 amide bonds. The predicted molar refractivity (Wildman–Crippen MR) is 68.6 cm³/mol. The second kappa shape index (κ2) is 6.21. The number of halogens is 1. The molecule has 0 N–H and O–H groups in total. The summed E-state index contributed by atoms with van der Waals surface area (Å²) in [6.07, 6.45) is 2.76. The topological polar surface area (TPSA) is 12.5 Å². The number of hydrogen-bond donors (Lipinski definition) is 0. The molecule has 0 atom stereocenters. The molecule has 0 aromatic heterocycles. The Labute approximate surface area is 102 Å². The molecule has 0 saturated heterocycles. The third-order valence-corrected chi connectivity index (χ3v) is 4.25. The second-order valence-corrected chi connectivity index (χ2v) is 6.11. The van der Waals surface area contributed by atoms with Crippen LogP contribution in [0.2, 0.25) is 0 Å². The molecule has 0 heterocycles. The highest BCUT2D eigenvalue weighted by molar-refractivity contribution is 9.09. The average molecular weight is 278 g/mol.